The number of fused-ring (bicyclic) bond motifs is 2. The van der Waals surface area contributed by atoms with Gasteiger partial charge in [0, 0.05) is 17.1 Å². The number of rotatable bonds is 2. The molecule has 0 aromatic heterocycles. The molecule has 2 fully saturated rings. The number of hydrogen-bond donors (Lipinski definition) is 1. The Morgan fingerprint density at radius 2 is 1.94 bits per heavy atom. The van der Waals surface area contributed by atoms with Crippen molar-refractivity contribution < 1.29 is 4.74 Å². The Bertz CT molecular complexity index is 423. The maximum absolute atomic E-state index is 6.13. The molecule has 3 rings (SSSR count). The van der Waals surface area contributed by atoms with Gasteiger partial charge in [-0.05, 0) is 50.3 Å². The molecule has 2 heterocycles. The van der Waals surface area contributed by atoms with Crippen LogP contribution in [0.15, 0.2) is 18.2 Å². The van der Waals surface area contributed by atoms with Crippen molar-refractivity contribution in [2.45, 2.75) is 57.2 Å². The van der Waals surface area contributed by atoms with Crippen LogP contribution >= 0.6 is 11.6 Å². The Labute approximate surface area is 114 Å². The molecule has 0 aliphatic carbocycles. The lowest BCUT2D eigenvalue weighted by atomic mass is 9.85. The summed E-state index contributed by atoms with van der Waals surface area (Å²) >= 11 is 6.13. The number of hydrogen-bond acceptors (Lipinski definition) is 2. The molecule has 2 unspecified atom stereocenters. The topological polar surface area (TPSA) is 21.3 Å². The molecule has 18 heavy (non-hydrogen) atoms. The average molecular weight is 266 g/mol. The molecular formula is C15H20ClNO. The summed E-state index contributed by atoms with van der Waals surface area (Å²) in [6.07, 6.45) is 6.56. The number of aryl methyl sites for hydroxylation is 1. The van der Waals surface area contributed by atoms with Crippen molar-refractivity contribution >= 4 is 11.6 Å². The number of nitrogens with one attached hydrogen (secondary N) is 1. The SMILES string of the molecule is Cc1ccc(OC2CC3CCCC(C2)N3)cc1Cl. The summed E-state index contributed by atoms with van der Waals surface area (Å²) in [6, 6.07) is 7.31. The van der Waals surface area contributed by atoms with Gasteiger partial charge in [0.05, 0.1) is 0 Å². The summed E-state index contributed by atoms with van der Waals surface area (Å²) in [5, 5.41) is 4.48. The molecule has 1 aromatic rings. The van der Waals surface area contributed by atoms with Gasteiger partial charge in [-0.15, -0.1) is 0 Å². The largest absolute Gasteiger partial charge is 0.490 e. The van der Waals surface area contributed by atoms with Gasteiger partial charge in [0.2, 0.25) is 0 Å². The molecule has 0 saturated carbocycles. The van der Waals surface area contributed by atoms with E-state index in [0.717, 1.165) is 29.2 Å². The molecular weight excluding hydrogens is 246 g/mol. The summed E-state index contributed by atoms with van der Waals surface area (Å²) in [7, 11) is 0. The number of ether oxygens (including phenoxy) is 1. The van der Waals surface area contributed by atoms with Gasteiger partial charge in [0.25, 0.3) is 0 Å². The van der Waals surface area contributed by atoms with E-state index in [1.165, 1.54) is 19.3 Å². The molecule has 0 radical (unpaired) electrons. The lowest BCUT2D eigenvalue weighted by Crippen LogP contribution is -2.51. The average Bonchev–Trinajstić information content (AvgIpc) is 2.33. The molecule has 2 atom stereocenters. The van der Waals surface area contributed by atoms with Crippen molar-refractivity contribution in [2.24, 2.45) is 0 Å². The Morgan fingerprint density at radius 1 is 1.22 bits per heavy atom. The van der Waals surface area contributed by atoms with Crippen LogP contribution in [0.5, 0.6) is 5.75 Å². The first-order valence-electron chi connectivity index (χ1n) is 6.89. The third-order valence-electron chi connectivity index (χ3n) is 4.12. The Hall–Kier alpha value is -0.730. The standard InChI is InChI=1S/C15H20ClNO/c1-10-5-6-13(9-15(10)16)18-14-7-11-3-2-4-12(8-14)17-11/h5-6,9,11-12,14,17H,2-4,7-8H2,1H3. The van der Waals surface area contributed by atoms with Crippen LogP contribution in [-0.2, 0) is 0 Å². The minimum absolute atomic E-state index is 0.348. The molecule has 0 spiro atoms. The quantitative estimate of drug-likeness (QED) is 0.880. The minimum atomic E-state index is 0.348. The van der Waals surface area contributed by atoms with Crippen LogP contribution in [0.1, 0.15) is 37.7 Å². The van der Waals surface area contributed by atoms with Crippen LogP contribution in [0.4, 0.5) is 0 Å². The lowest BCUT2D eigenvalue weighted by molar-refractivity contribution is 0.0927. The number of piperidine rings is 2. The van der Waals surface area contributed by atoms with Crippen molar-refractivity contribution in [3.8, 4) is 5.75 Å². The predicted octanol–water partition coefficient (Wildman–Crippen LogP) is 3.70. The second kappa shape index (κ2) is 5.10. The highest BCUT2D eigenvalue weighted by Crippen LogP contribution is 2.30. The summed E-state index contributed by atoms with van der Waals surface area (Å²) in [6.45, 7) is 2.01. The van der Waals surface area contributed by atoms with Crippen LogP contribution in [0.2, 0.25) is 5.02 Å². The zero-order valence-electron chi connectivity index (χ0n) is 10.8. The monoisotopic (exact) mass is 265 g/mol. The Morgan fingerprint density at radius 3 is 2.61 bits per heavy atom. The molecule has 1 N–H and O–H groups in total. The zero-order chi connectivity index (χ0) is 12.5. The maximum atomic E-state index is 6.13. The van der Waals surface area contributed by atoms with Crippen molar-refractivity contribution in [3.05, 3.63) is 28.8 Å². The summed E-state index contributed by atoms with van der Waals surface area (Å²) in [4.78, 5) is 0. The third kappa shape index (κ3) is 2.65. The van der Waals surface area contributed by atoms with Gasteiger partial charge in [0.15, 0.2) is 0 Å². The fourth-order valence-corrected chi connectivity index (χ4v) is 3.32. The first-order chi connectivity index (χ1) is 8.70. The van der Waals surface area contributed by atoms with Gasteiger partial charge in [-0.1, -0.05) is 24.1 Å². The molecule has 3 heteroatoms. The molecule has 0 amide bonds. The van der Waals surface area contributed by atoms with Gasteiger partial charge in [-0.3, -0.25) is 0 Å². The van der Waals surface area contributed by atoms with Gasteiger partial charge in [-0.2, -0.15) is 0 Å². The normalized spacial score (nSPS) is 31.1. The molecule has 98 valence electrons. The Balaban J connectivity index is 1.67. The van der Waals surface area contributed by atoms with Gasteiger partial charge in [-0.25, -0.2) is 0 Å². The number of benzene rings is 1. The van der Waals surface area contributed by atoms with Crippen LogP contribution in [0.25, 0.3) is 0 Å². The van der Waals surface area contributed by atoms with Crippen LogP contribution < -0.4 is 10.1 Å². The molecule has 2 aliphatic rings. The van der Waals surface area contributed by atoms with Crippen molar-refractivity contribution in [1.82, 2.24) is 5.32 Å². The first kappa shape index (κ1) is 12.3. The highest BCUT2D eigenvalue weighted by atomic mass is 35.5. The smallest absolute Gasteiger partial charge is 0.121 e. The Kier molecular flexibility index (Phi) is 3.49. The maximum Gasteiger partial charge on any atom is 0.121 e. The van der Waals surface area contributed by atoms with Crippen LogP contribution in [-0.4, -0.2) is 18.2 Å². The predicted molar refractivity (Wildman–Crippen MR) is 74.4 cm³/mol. The van der Waals surface area contributed by atoms with E-state index >= 15 is 0 Å². The molecule has 2 aliphatic heterocycles. The molecule has 2 nitrogen and oxygen atoms in total. The van der Waals surface area contributed by atoms with Crippen molar-refractivity contribution in [2.75, 3.05) is 0 Å². The van der Waals surface area contributed by atoms with E-state index in [4.69, 9.17) is 16.3 Å². The number of halogens is 1. The van der Waals surface area contributed by atoms with E-state index in [1.54, 1.807) is 0 Å². The molecule has 2 saturated heterocycles. The highest BCUT2D eigenvalue weighted by Gasteiger charge is 2.32. The minimum Gasteiger partial charge on any atom is -0.490 e. The fraction of sp³-hybridized carbons (Fsp3) is 0.600. The third-order valence-corrected chi connectivity index (χ3v) is 4.52. The lowest BCUT2D eigenvalue weighted by Gasteiger charge is -2.40. The first-order valence-corrected chi connectivity index (χ1v) is 7.27. The van der Waals surface area contributed by atoms with Crippen LogP contribution in [0, 0.1) is 6.92 Å². The summed E-state index contributed by atoms with van der Waals surface area (Å²) in [5.41, 5.74) is 1.10. The van der Waals surface area contributed by atoms with E-state index in [-0.39, 0.29) is 0 Å². The molecule has 2 bridgehead atoms. The fourth-order valence-electron chi connectivity index (χ4n) is 3.15. The molecule has 1 aromatic carbocycles. The van der Waals surface area contributed by atoms with Gasteiger partial charge >= 0.3 is 0 Å². The van der Waals surface area contributed by atoms with E-state index in [0.29, 0.717) is 18.2 Å². The van der Waals surface area contributed by atoms with Crippen molar-refractivity contribution in [3.63, 3.8) is 0 Å². The van der Waals surface area contributed by atoms with Crippen LogP contribution in [0.3, 0.4) is 0 Å². The van der Waals surface area contributed by atoms with E-state index in [9.17, 15) is 0 Å². The summed E-state index contributed by atoms with van der Waals surface area (Å²) in [5.74, 6) is 0.913. The second-order valence-electron chi connectivity index (χ2n) is 5.61. The summed E-state index contributed by atoms with van der Waals surface area (Å²) < 4.78 is 6.10. The highest BCUT2D eigenvalue weighted by molar-refractivity contribution is 6.31. The van der Waals surface area contributed by atoms with Crippen molar-refractivity contribution in [1.29, 1.82) is 0 Å². The van der Waals surface area contributed by atoms with E-state index < -0.39 is 0 Å². The van der Waals surface area contributed by atoms with E-state index in [1.807, 2.05) is 25.1 Å². The van der Waals surface area contributed by atoms with Gasteiger partial charge < -0.3 is 10.1 Å². The van der Waals surface area contributed by atoms with E-state index in [2.05, 4.69) is 5.32 Å². The van der Waals surface area contributed by atoms with Gasteiger partial charge in [0.1, 0.15) is 11.9 Å². The zero-order valence-corrected chi connectivity index (χ0v) is 11.5. The second-order valence-corrected chi connectivity index (χ2v) is 6.02.